The second kappa shape index (κ2) is 3.06. The number of oxazole rings is 1. The van der Waals surface area contributed by atoms with Crippen molar-refractivity contribution in [3.63, 3.8) is 0 Å². The first-order valence-corrected chi connectivity index (χ1v) is 4.01. The Labute approximate surface area is 75.4 Å². The van der Waals surface area contributed by atoms with Gasteiger partial charge in [0.05, 0.1) is 5.69 Å². The Balaban J connectivity index is 2.35. The summed E-state index contributed by atoms with van der Waals surface area (Å²) in [5.74, 6) is 1.95. The van der Waals surface area contributed by atoms with Crippen molar-refractivity contribution in [1.29, 1.82) is 0 Å². The lowest BCUT2D eigenvalue weighted by molar-refractivity contribution is 0.501. The van der Waals surface area contributed by atoms with E-state index in [1.165, 1.54) is 6.26 Å². The zero-order valence-electron chi connectivity index (χ0n) is 7.28. The molecule has 2 aromatic rings. The molecule has 0 saturated carbocycles. The van der Waals surface area contributed by atoms with Crippen LogP contribution in [-0.4, -0.2) is 4.98 Å². The average Bonchev–Trinajstić information content (AvgIpc) is 2.71. The van der Waals surface area contributed by atoms with E-state index in [4.69, 9.17) is 14.6 Å². The maximum absolute atomic E-state index is 5.39. The smallest absolute Gasteiger partial charge is 0.263 e. The minimum atomic E-state index is 0.378. The SMILES string of the molecule is Cc1ccc(-c2nc(CN)co2)o1. The van der Waals surface area contributed by atoms with Crippen LogP contribution in [0.5, 0.6) is 0 Å². The lowest BCUT2D eigenvalue weighted by Crippen LogP contribution is -1.95. The first-order valence-electron chi connectivity index (χ1n) is 4.01. The van der Waals surface area contributed by atoms with E-state index >= 15 is 0 Å². The molecule has 2 aromatic heterocycles. The van der Waals surface area contributed by atoms with Crippen molar-refractivity contribution < 1.29 is 8.83 Å². The first kappa shape index (κ1) is 8.07. The fraction of sp³-hybridized carbons (Fsp3) is 0.222. The fourth-order valence-corrected chi connectivity index (χ4v) is 1.06. The molecule has 0 bridgehead atoms. The van der Waals surface area contributed by atoms with Crippen LogP contribution in [0.1, 0.15) is 11.5 Å². The summed E-state index contributed by atoms with van der Waals surface area (Å²) in [6, 6.07) is 3.68. The molecule has 0 aliphatic heterocycles. The predicted octanol–water partition coefficient (Wildman–Crippen LogP) is 1.70. The molecular weight excluding hydrogens is 168 g/mol. The molecule has 0 spiro atoms. The Hall–Kier alpha value is -1.55. The highest BCUT2D eigenvalue weighted by Gasteiger charge is 2.08. The van der Waals surface area contributed by atoms with Gasteiger partial charge in [-0.15, -0.1) is 0 Å². The van der Waals surface area contributed by atoms with Crippen molar-refractivity contribution in [2.24, 2.45) is 5.73 Å². The second-order valence-corrected chi connectivity index (χ2v) is 2.76. The quantitative estimate of drug-likeness (QED) is 0.760. The highest BCUT2D eigenvalue weighted by atomic mass is 16.4. The molecule has 4 heteroatoms. The van der Waals surface area contributed by atoms with Gasteiger partial charge in [-0.3, -0.25) is 0 Å². The summed E-state index contributed by atoms with van der Waals surface area (Å²) in [5, 5.41) is 0. The molecule has 2 N–H and O–H groups in total. The van der Waals surface area contributed by atoms with Gasteiger partial charge in [0.25, 0.3) is 5.89 Å². The molecule has 0 aromatic carbocycles. The molecule has 0 amide bonds. The van der Waals surface area contributed by atoms with E-state index in [1.807, 2.05) is 19.1 Å². The van der Waals surface area contributed by atoms with Gasteiger partial charge in [0.2, 0.25) is 0 Å². The summed E-state index contributed by atoms with van der Waals surface area (Å²) in [5.41, 5.74) is 6.12. The van der Waals surface area contributed by atoms with Gasteiger partial charge in [-0.1, -0.05) is 0 Å². The fourth-order valence-electron chi connectivity index (χ4n) is 1.06. The van der Waals surface area contributed by atoms with Gasteiger partial charge in [-0.25, -0.2) is 4.98 Å². The second-order valence-electron chi connectivity index (χ2n) is 2.76. The van der Waals surface area contributed by atoms with Crippen LogP contribution in [0.25, 0.3) is 11.7 Å². The molecule has 0 atom stereocenters. The Kier molecular flexibility index (Phi) is 1.90. The number of aryl methyl sites for hydroxylation is 1. The third-order valence-electron chi connectivity index (χ3n) is 1.71. The van der Waals surface area contributed by atoms with Crippen LogP contribution in [0.3, 0.4) is 0 Å². The molecule has 0 fully saturated rings. The molecule has 2 heterocycles. The van der Waals surface area contributed by atoms with Crippen molar-refractivity contribution in [3.05, 3.63) is 29.9 Å². The summed E-state index contributed by atoms with van der Waals surface area (Å²) in [7, 11) is 0. The van der Waals surface area contributed by atoms with E-state index in [2.05, 4.69) is 4.98 Å². The molecule has 2 rings (SSSR count). The maximum atomic E-state index is 5.39. The number of nitrogens with two attached hydrogens (primary N) is 1. The molecule has 0 aliphatic carbocycles. The van der Waals surface area contributed by atoms with E-state index in [9.17, 15) is 0 Å². The summed E-state index contributed by atoms with van der Waals surface area (Å²) in [6.07, 6.45) is 1.53. The number of hydrogen-bond acceptors (Lipinski definition) is 4. The van der Waals surface area contributed by atoms with Crippen LogP contribution in [0.2, 0.25) is 0 Å². The Bertz CT molecular complexity index is 403. The van der Waals surface area contributed by atoms with Gasteiger partial charge >= 0.3 is 0 Å². The molecule has 0 radical (unpaired) electrons. The van der Waals surface area contributed by atoms with Crippen LogP contribution >= 0.6 is 0 Å². The van der Waals surface area contributed by atoms with E-state index in [0.29, 0.717) is 18.2 Å². The van der Waals surface area contributed by atoms with Crippen molar-refractivity contribution in [2.75, 3.05) is 0 Å². The highest BCUT2D eigenvalue weighted by Crippen LogP contribution is 2.20. The van der Waals surface area contributed by atoms with E-state index < -0.39 is 0 Å². The third-order valence-corrected chi connectivity index (χ3v) is 1.71. The predicted molar refractivity (Wildman–Crippen MR) is 46.8 cm³/mol. The van der Waals surface area contributed by atoms with Crippen LogP contribution in [0.15, 0.2) is 27.2 Å². The molecular formula is C9H10N2O2. The van der Waals surface area contributed by atoms with Crippen LogP contribution in [0.4, 0.5) is 0 Å². The van der Waals surface area contributed by atoms with Crippen molar-refractivity contribution in [1.82, 2.24) is 4.98 Å². The molecule has 13 heavy (non-hydrogen) atoms. The number of furan rings is 1. The third kappa shape index (κ3) is 1.48. The number of aromatic nitrogens is 1. The highest BCUT2D eigenvalue weighted by molar-refractivity contribution is 5.44. The first-order chi connectivity index (χ1) is 6.29. The van der Waals surface area contributed by atoms with E-state index in [0.717, 1.165) is 11.5 Å². The van der Waals surface area contributed by atoms with E-state index in [1.54, 1.807) is 0 Å². The van der Waals surface area contributed by atoms with Crippen molar-refractivity contribution in [2.45, 2.75) is 13.5 Å². The normalized spacial score (nSPS) is 10.6. The number of hydrogen-bond donors (Lipinski definition) is 1. The summed E-state index contributed by atoms with van der Waals surface area (Å²) in [6.45, 7) is 2.25. The van der Waals surface area contributed by atoms with Crippen molar-refractivity contribution >= 4 is 0 Å². The molecule has 4 nitrogen and oxygen atoms in total. The standard InChI is InChI=1S/C9H10N2O2/c1-6-2-3-8(13-6)9-11-7(4-10)5-12-9/h2-3,5H,4,10H2,1H3. The minimum Gasteiger partial charge on any atom is -0.456 e. The van der Waals surface area contributed by atoms with Crippen LogP contribution < -0.4 is 5.73 Å². The van der Waals surface area contributed by atoms with E-state index in [-0.39, 0.29) is 0 Å². The largest absolute Gasteiger partial charge is 0.456 e. The zero-order valence-corrected chi connectivity index (χ0v) is 7.28. The van der Waals surface area contributed by atoms with Gasteiger partial charge in [-0.05, 0) is 19.1 Å². The minimum absolute atomic E-state index is 0.378. The Morgan fingerprint density at radius 1 is 1.46 bits per heavy atom. The monoisotopic (exact) mass is 178 g/mol. The summed E-state index contributed by atoms with van der Waals surface area (Å²) < 4.78 is 10.5. The Morgan fingerprint density at radius 3 is 2.85 bits per heavy atom. The lowest BCUT2D eigenvalue weighted by atomic mass is 10.4. The maximum Gasteiger partial charge on any atom is 0.263 e. The van der Waals surface area contributed by atoms with Crippen LogP contribution in [-0.2, 0) is 6.54 Å². The molecule has 0 unspecified atom stereocenters. The van der Waals surface area contributed by atoms with Crippen molar-refractivity contribution in [3.8, 4) is 11.7 Å². The van der Waals surface area contributed by atoms with Gasteiger partial charge in [-0.2, -0.15) is 0 Å². The topological polar surface area (TPSA) is 65.2 Å². The van der Waals surface area contributed by atoms with Gasteiger partial charge < -0.3 is 14.6 Å². The number of rotatable bonds is 2. The average molecular weight is 178 g/mol. The summed E-state index contributed by atoms with van der Waals surface area (Å²) in [4.78, 5) is 4.13. The Morgan fingerprint density at radius 2 is 2.31 bits per heavy atom. The summed E-state index contributed by atoms with van der Waals surface area (Å²) >= 11 is 0. The molecule has 0 aliphatic rings. The van der Waals surface area contributed by atoms with Gasteiger partial charge in [0.1, 0.15) is 12.0 Å². The number of nitrogens with zero attached hydrogens (tertiary/aromatic N) is 1. The van der Waals surface area contributed by atoms with Gasteiger partial charge in [0.15, 0.2) is 5.76 Å². The molecule has 0 saturated heterocycles. The molecule has 68 valence electrons. The lowest BCUT2D eigenvalue weighted by Gasteiger charge is -1.86. The van der Waals surface area contributed by atoms with Crippen LogP contribution in [0, 0.1) is 6.92 Å². The van der Waals surface area contributed by atoms with Gasteiger partial charge in [0, 0.05) is 6.54 Å². The zero-order chi connectivity index (χ0) is 9.26.